The number of carbonyl (C=O) groups is 1. The first-order valence-corrected chi connectivity index (χ1v) is 9.63. The first kappa shape index (κ1) is 19.8. The molecule has 0 aliphatic rings. The van der Waals surface area contributed by atoms with Gasteiger partial charge in [-0.25, -0.2) is 9.37 Å². The first-order valence-electron chi connectivity index (χ1n) is 8.81. The van der Waals surface area contributed by atoms with Crippen LogP contribution in [-0.2, 0) is 11.2 Å². The van der Waals surface area contributed by atoms with Crippen LogP contribution in [0.4, 0.5) is 4.39 Å². The van der Waals surface area contributed by atoms with E-state index in [-0.39, 0.29) is 18.3 Å². The minimum atomic E-state index is -0.268. The molecule has 1 aromatic heterocycles. The number of para-hydroxylation sites is 2. The summed E-state index contributed by atoms with van der Waals surface area (Å²) >= 11 is 1.55. The topological polar surface area (TPSA) is 60.5 Å². The normalized spacial score (nSPS) is 10.5. The van der Waals surface area contributed by atoms with Gasteiger partial charge in [0.1, 0.15) is 10.8 Å². The minimum Gasteiger partial charge on any atom is -0.493 e. The highest BCUT2D eigenvalue weighted by Crippen LogP contribution is 2.28. The van der Waals surface area contributed by atoms with Gasteiger partial charge in [-0.2, -0.15) is 0 Å². The van der Waals surface area contributed by atoms with Crippen LogP contribution in [0.2, 0.25) is 0 Å². The maximum Gasteiger partial charge on any atom is 0.257 e. The summed E-state index contributed by atoms with van der Waals surface area (Å²) < 4.78 is 23.8. The first-order chi connectivity index (χ1) is 13.6. The summed E-state index contributed by atoms with van der Waals surface area (Å²) in [7, 11) is 1.56. The molecule has 1 amide bonds. The van der Waals surface area contributed by atoms with Gasteiger partial charge < -0.3 is 14.8 Å². The largest absolute Gasteiger partial charge is 0.493 e. The summed E-state index contributed by atoms with van der Waals surface area (Å²) in [6.45, 7) is 2.34. The Bertz CT molecular complexity index is 941. The molecule has 0 fully saturated rings. The van der Waals surface area contributed by atoms with E-state index in [1.54, 1.807) is 42.7 Å². The fourth-order valence-electron chi connectivity index (χ4n) is 2.62. The lowest BCUT2D eigenvalue weighted by Crippen LogP contribution is -2.30. The van der Waals surface area contributed by atoms with E-state index in [0.717, 1.165) is 21.1 Å². The zero-order valence-electron chi connectivity index (χ0n) is 15.7. The summed E-state index contributed by atoms with van der Waals surface area (Å²) in [6, 6.07) is 13.5. The molecule has 0 radical (unpaired) electrons. The Morgan fingerprint density at radius 3 is 2.57 bits per heavy atom. The van der Waals surface area contributed by atoms with Crippen LogP contribution in [0.3, 0.4) is 0 Å². The van der Waals surface area contributed by atoms with Crippen molar-refractivity contribution in [3.63, 3.8) is 0 Å². The SMILES string of the molecule is COc1ccccc1OCC(=O)NCCc1sc(-c2ccc(F)cc2)nc1C. The second kappa shape index (κ2) is 9.32. The van der Waals surface area contributed by atoms with Gasteiger partial charge in [0, 0.05) is 23.4 Å². The monoisotopic (exact) mass is 400 g/mol. The number of aryl methyl sites for hydroxylation is 1. The van der Waals surface area contributed by atoms with Crippen molar-refractivity contribution in [3.05, 3.63) is 64.9 Å². The third-order valence-electron chi connectivity index (χ3n) is 4.09. The fourth-order valence-corrected chi connectivity index (χ4v) is 3.69. The van der Waals surface area contributed by atoms with Gasteiger partial charge in [-0.3, -0.25) is 4.79 Å². The van der Waals surface area contributed by atoms with E-state index in [1.165, 1.54) is 12.1 Å². The van der Waals surface area contributed by atoms with E-state index in [1.807, 2.05) is 19.1 Å². The van der Waals surface area contributed by atoms with Gasteiger partial charge in [0.05, 0.1) is 12.8 Å². The second-order valence-corrected chi connectivity index (χ2v) is 7.16. The van der Waals surface area contributed by atoms with Crippen LogP contribution < -0.4 is 14.8 Å². The van der Waals surface area contributed by atoms with E-state index < -0.39 is 0 Å². The van der Waals surface area contributed by atoms with E-state index >= 15 is 0 Å². The fraction of sp³-hybridized carbons (Fsp3) is 0.238. The van der Waals surface area contributed by atoms with Crippen LogP contribution in [0.15, 0.2) is 48.5 Å². The van der Waals surface area contributed by atoms with E-state index in [4.69, 9.17) is 9.47 Å². The Labute approximate surface area is 167 Å². The number of thiazole rings is 1. The number of methoxy groups -OCH3 is 1. The molecule has 0 unspecified atom stereocenters. The van der Waals surface area contributed by atoms with Crippen molar-refractivity contribution in [2.75, 3.05) is 20.3 Å². The van der Waals surface area contributed by atoms with Crippen molar-refractivity contribution in [3.8, 4) is 22.1 Å². The summed E-state index contributed by atoms with van der Waals surface area (Å²) in [6.07, 6.45) is 0.672. The second-order valence-electron chi connectivity index (χ2n) is 6.07. The highest BCUT2D eigenvalue weighted by atomic mass is 32.1. The summed E-state index contributed by atoms with van der Waals surface area (Å²) in [5.41, 5.74) is 1.80. The van der Waals surface area contributed by atoms with E-state index in [2.05, 4.69) is 10.3 Å². The van der Waals surface area contributed by atoms with Gasteiger partial charge in [-0.1, -0.05) is 12.1 Å². The number of halogens is 1. The van der Waals surface area contributed by atoms with Crippen molar-refractivity contribution in [2.24, 2.45) is 0 Å². The van der Waals surface area contributed by atoms with Crippen LogP contribution in [0, 0.1) is 12.7 Å². The number of carbonyl (C=O) groups excluding carboxylic acids is 1. The Morgan fingerprint density at radius 1 is 1.14 bits per heavy atom. The highest BCUT2D eigenvalue weighted by molar-refractivity contribution is 7.15. The molecule has 5 nitrogen and oxygen atoms in total. The summed E-state index contributed by atoms with van der Waals surface area (Å²) in [4.78, 5) is 17.7. The Balaban J connectivity index is 1.49. The Hall–Kier alpha value is -2.93. The predicted octanol–water partition coefficient (Wildman–Crippen LogP) is 4.00. The van der Waals surface area contributed by atoms with E-state index in [9.17, 15) is 9.18 Å². The van der Waals surface area contributed by atoms with Gasteiger partial charge in [0.2, 0.25) is 0 Å². The lowest BCUT2D eigenvalue weighted by atomic mass is 10.2. The molecular formula is C21H21FN2O3S. The predicted molar refractivity (Wildman–Crippen MR) is 107 cm³/mol. The summed E-state index contributed by atoms with van der Waals surface area (Å²) in [5, 5.41) is 3.69. The average molecular weight is 400 g/mol. The van der Waals surface area contributed by atoms with Crippen LogP contribution in [0.5, 0.6) is 11.5 Å². The number of hydrogen-bond acceptors (Lipinski definition) is 5. The van der Waals surface area contributed by atoms with Crippen LogP contribution >= 0.6 is 11.3 Å². The molecule has 2 aromatic carbocycles. The highest BCUT2D eigenvalue weighted by Gasteiger charge is 2.11. The van der Waals surface area contributed by atoms with Crippen LogP contribution in [-0.4, -0.2) is 31.2 Å². The molecule has 0 spiro atoms. The molecular weight excluding hydrogens is 379 g/mol. The average Bonchev–Trinajstić information content (AvgIpc) is 3.07. The van der Waals surface area contributed by atoms with Crippen molar-refractivity contribution in [2.45, 2.75) is 13.3 Å². The number of nitrogens with zero attached hydrogens (tertiary/aromatic N) is 1. The molecule has 146 valence electrons. The lowest BCUT2D eigenvalue weighted by molar-refractivity contribution is -0.123. The number of benzene rings is 2. The van der Waals surface area contributed by atoms with Gasteiger partial charge in [0.15, 0.2) is 18.1 Å². The van der Waals surface area contributed by atoms with Crippen molar-refractivity contribution < 1.29 is 18.7 Å². The number of hydrogen-bond donors (Lipinski definition) is 1. The van der Waals surface area contributed by atoms with Crippen LogP contribution in [0.25, 0.3) is 10.6 Å². The summed E-state index contributed by atoms with van der Waals surface area (Å²) in [5.74, 6) is 0.647. The van der Waals surface area contributed by atoms with Gasteiger partial charge >= 0.3 is 0 Å². The third kappa shape index (κ3) is 5.07. The van der Waals surface area contributed by atoms with Crippen molar-refractivity contribution in [1.29, 1.82) is 0 Å². The van der Waals surface area contributed by atoms with Crippen molar-refractivity contribution >= 4 is 17.2 Å². The van der Waals surface area contributed by atoms with Gasteiger partial charge in [0.25, 0.3) is 5.91 Å². The number of ether oxygens (including phenoxy) is 2. The molecule has 0 saturated heterocycles. The Kier molecular flexibility index (Phi) is 6.60. The minimum absolute atomic E-state index is 0.0805. The van der Waals surface area contributed by atoms with Gasteiger partial charge in [-0.15, -0.1) is 11.3 Å². The lowest BCUT2D eigenvalue weighted by Gasteiger charge is -2.10. The standard InChI is InChI=1S/C21H21FN2O3S/c1-14-19(28-21(24-14)15-7-9-16(22)10-8-15)11-12-23-20(25)13-27-18-6-4-3-5-17(18)26-2/h3-10H,11-13H2,1-2H3,(H,23,25). The molecule has 1 heterocycles. The Morgan fingerprint density at radius 2 is 1.86 bits per heavy atom. The molecule has 0 atom stereocenters. The molecule has 0 saturated carbocycles. The van der Waals surface area contributed by atoms with Crippen LogP contribution in [0.1, 0.15) is 10.6 Å². The third-order valence-corrected chi connectivity index (χ3v) is 5.35. The molecule has 0 aliphatic carbocycles. The molecule has 1 N–H and O–H groups in total. The number of rotatable bonds is 8. The zero-order chi connectivity index (χ0) is 19.9. The number of aromatic nitrogens is 1. The quantitative estimate of drug-likeness (QED) is 0.621. The van der Waals surface area contributed by atoms with Crippen molar-refractivity contribution in [1.82, 2.24) is 10.3 Å². The maximum absolute atomic E-state index is 13.1. The molecule has 7 heteroatoms. The van der Waals surface area contributed by atoms with E-state index in [0.29, 0.717) is 24.5 Å². The molecule has 0 bridgehead atoms. The number of nitrogens with one attached hydrogen (secondary N) is 1. The maximum atomic E-state index is 13.1. The molecule has 3 rings (SSSR count). The van der Waals surface area contributed by atoms with Gasteiger partial charge in [-0.05, 0) is 43.3 Å². The number of amides is 1. The smallest absolute Gasteiger partial charge is 0.257 e. The molecule has 28 heavy (non-hydrogen) atoms. The molecule has 0 aliphatic heterocycles. The zero-order valence-corrected chi connectivity index (χ0v) is 16.5. The molecule has 3 aromatic rings.